The molecule has 9 heteroatoms. The highest BCUT2D eigenvalue weighted by atomic mass is 16.3. The van der Waals surface area contributed by atoms with Gasteiger partial charge in [0.15, 0.2) is 5.58 Å². The molecule has 5 rings (SSSR count). The van der Waals surface area contributed by atoms with Crippen LogP contribution >= 0.6 is 0 Å². The minimum Gasteiger partial charge on any atom is -0.436 e. The second-order valence-electron chi connectivity index (χ2n) is 7.49. The number of aromatic amines is 1. The van der Waals surface area contributed by atoms with Crippen LogP contribution in [0.25, 0.3) is 22.6 Å². The fraction of sp³-hybridized carbons (Fsp3) is 0.227. The average molecular weight is 416 g/mol. The summed E-state index contributed by atoms with van der Waals surface area (Å²) >= 11 is 0. The Morgan fingerprint density at radius 1 is 1.13 bits per heavy atom. The number of aromatic nitrogens is 4. The van der Waals surface area contributed by atoms with Gasteiger partial charge in [-0.3, -0.25) is 14.6 Å². The summed E-state index contributed by atoms with van der Waals surface area (Å²) in [5, 5.41) is 9.22. The van der Waals surface area contributed by atoms with E-state index in [1.54, 1.807) is 18.6 Å². The van der Waals surface area contributed by atoms with Crippen molar-refractivity contribution < 1.29 is 9.21 Å². The maximum absolute atomic E-state index is 12.8. The predicted molar refractivity (Wildman–Crippen MR) is 116 cm³/mol. The van der Waals surface area contributed by atoms with Crippen molar-refractivity contribution in [1.29, 1.82) is 0 Å². The van der Waals surface area contributed by atoms with Crippen LogP contribution in [-0.4, -0.2) is 39.2 Å². The van der Waals surface area contributed by atoms with Gasteiger partial charge in [-0.2, -0.15) is 5.10 Å². The number of fused-ring (bicyclic) bond motifs is 1. The standard InChI is InChI=1S/C22H20N6O3/c29-20-12-17(13-24-27-20)28-9-5-14(6-10-28)21(30)25-16-1-2-19-18(11-16)26-22(31-19)15-3-7-23-8-4-15/h1-4,7-8,11-14H,5-6,9-10H2,(H,25,30)(H,27,29). The molecule has 4 aromatic rings. The first-order valence-electron chi connectivity index (χ1n) is 10.1. The lowest BCUT2D eigenvalue weighted by atomic mass is 9.95. The van der Waals surface area contributed by atoms with Gasteiger partial charge in [0, 0.05) is 48.7 Å². The Balaban J connectivity index is 1.25. The van der Waals surface area contributed by atoms with Crippen molar-refractivity contribution in [3.8, 4) is 11.5 Å². The highest BCUT2D eigenvalue weighted by Crippen LogP contribution is 2.27. The third-order valence-corrected chi connectivity index (χ3v) is 5.46. The Kier molecular flexibility index (Phi) is 4.91. The first-order chi connectivity index (χ1) is 15.2. The van der Waals surface area contributed by atoms with Crippen LogP contribution in [-0.2, 0) is 4.79 Å². The van der Waals surface area contributed by atoms with Gasteiger partial charge in [0.1, 0.15) is 5.52 Å². The second-order valence-corrected chi connectivity index (χ2v) is 7.49. The molecule has 1 amide bonds. The summed E-state index contributed by atoms with van der Waals surface area (Å²) in [7, 11) is 0. The zero-order chi connectivity index (χ0) is 21.2. The summed E-state index contributed by atoms with van der Waals surface area (Å²) in [5.41, 5.74) is 3.43. The molecule has 0 radical (unpaired) electrons. The molecular formula is C22H20N6O3. The molecule has 0 atom stereocenters. The molecule has 1 fully saturated rings. The highest BCUT2D eigenvalue weighted by Gasteiger charge is 2.25. The normalized spacial score (nSPS) is 14.6. The van der Waals surface area contributed by atoms with Crippen LogP contribution in [0, 0.1) is 5.92 Å². The SMILES string of the molecule is O=C(Nc1ccc2oc(-c3ccncc3)nc2c1)C1CCN(c2cn[nH]c(=O)c2)CC1. The molecule has 9 nitrogen and oxygen atoms in total. The number of hydrogen-bond acceptors (Lipinski definition) is 7. The van der Waals surface area contributed by atoms with Crippen molar-refractivity contribution in [3.63, 3.8) is 0 Å². The summed E-state index contributed by atoms with van der Waals surface area (Å²) < 4.78 is 5.81. The van der Waals surface area contributed by atoms with Crippen LogP contribution in [0.4, 0.5) is 11.4 Å². The van der Waals surface area contributed by atoms with E-state index in [1.165, 1.54) is 6.07 Å². The monoisotopic (exact) mass is 416 g/mol. The number of oxazole rings is 1. The molecule has 0 unspecified atom stereocenters. The van der Waals surface area contributed by atoms with E-state index in [9.17, 15) is 9.59 Å². The number of piperidine rings is 1. The number of pyridine rings is 1. The molecule has 0 bridgehead atoms. The molecule has 4 heterocycles. The number of nitrogens with one attached hydrogen (secondary N) is 2. The minimum absolute atomic E-state index is 0.0131. The third kappa shape index (κ3) is 4.02. The number of amides is 1. The summed E-state index contributed by atoms with van der Waals surface area (Å²) in [5.74, 6) is 0.412. The largest absolute Gasteiger partial charge is 0.436 e. The third-order valence-electron chi connectivity index (χ3n) is 5.46. The summed E-state index contributed by atoms with van der Waals surface area (Å²) in [6.45, 7) is 1.39. The second kappa shape index (κ2) is 8.02. The number of carbonyl (C=O) groups excluding carboxylic acids is 1. The highest BCUT2D eigenvalue weighted by molar-refractivity contribution is 5.94. The summed E-state index contributed by atoms with van der Waals surface area (Å²) in [6.07, 6.45) is 6.42. The first kappa shape index (κ1) is 19.0. The number of nitrogens with zero attached hydrogens (tertiary/aromatic N) is 4. The molecule has 0 spiro atoms. The van der Waals surface area contributed by atoms with Crippen molar-refractivity contribution >= 4 is 28.4 Å². The van der Waals surface area contributed by atoms with Crippen molar-refractivity contribution in [3.05, 3.63) is 65.3 Å². The minimum atomic E-state index is -0.229. The Morgan fingerprint density at radius 3 is 2.71 bits per heavy atom. The maximum Gasteiger partial charge on any atom is 0.266 e. The van der Waals surface area contributed by atoms with E-state index in [0.29, 0.717) is 48.6 Å². The lowest BCUT2D eigenvalue weighted by Gasteiger charge is -2.32. The van der Waals surface area contributed by atoms with E-state index in [4.69, 9.17) is 4.42 Å². The molecule has 3 aromatic heterocycles. The Hall–Kier alpha value is -4.01. The van der Waals surface area contributed by atoms with E-state index in [1.807, 2.05) is 30.3 Å². The molecule has 1 saturated heterocycles. The van der Waals surface area contributed by atoms with Gasteiger partial charge in [0.2, 0.25) is 11.8 Å². The van der Waals surface area contributed by atoms with E-state index >= 15 is 0 Å². The average Bonchev–Trinajstić information content (AvgIpc) is 3.23. The number of rotatable bonds is 4. The van der Waals surface area contributed by atoms with E-state index in [2.05, 4.69) is 30.4 Å². The molecule has 2 N–H and O–H groups in total. The Morgan fingerprint density at radius 2 is 1.94 bits per heavy atom. The number of carbonyl (C=O) groups is 1. The van der Waals surface area contributed by atoms with Gasteiger partial charge in [-0.1, -0.05) is 0 Å². The topological polar surface area (TPSA) is 117 Å². The molecule has 31 heavy (non-hydrogen) atoms. The molecule has 0 saturated carbocycles. The molecule has 1 aromatic carbocycles. The fourth-order valence-electron chi connectivity index (χ4n) is 3.81. The maximum atomic E-state index is 12.8. The fourth-order valence-corrected chi connectivity index (χ4v) is 3.81. The lowest BCUT2D eigenvalue weighted by molar-refractivity contribution is -0.120. The van der Waals surface area contributed by atoms with Crippen LogP contribution < -0.4 is 15.8 Å². The van der Waals surface area contributed by atoms with E-state index in [0.717, 1.165) is 11.3 Å². The van der Waals surface area contributed by atoms with Crippen molar-refractivity contribution in [1.82, 2.24) is 20.2 Å². The molecule has 0 aliphatic carbocycles. The van der Waals surface area contributed by atoms with Crippen LogP contribution in [0.5, 0.6) is 0 Å². The smallest absolute Gasteiger partial charge is 0.266 e. The van der Waals surface area contributed by atoms with Crippen molar-refractivity contribution in [2.45, 2.75) is 12.8 Å². The Bertz CT molecular complexity index is 1280. The van der Waals surface area contributed by atoms with Gasteiger partial charge < -0.3 is 14.6 Å². The molecule has 1 aliphatic rings. The number of anilines is 2. The van der Waals surface area contributed by atoms with E-state index < -0.39 is 0 Å². The van der Waals surface area contributed by atoms with Gasteiger partial charge in [-0.15, -0.1) is 0 Å². The van der Waals surface area contributed by atoms with Gasteiger partial charge in [0.25, 0.3) is 5.56 Å². The number of hydrogen-bond donors (Lipinski definition) is 2. The number of benzene rings is 1. The molecular weight excluding hydrogens is 396 g/mol. The van der Waals surface area contributed by atoms with Gasteiger partial charge >= 0.3 is 0 Å². The van der Waals surface area contributed by atoms with Crippen LogP contribution in [0.15, 0.2) is 64.2 Å². The predicted octanol–water partition coefficient (Wildman–Crippen LogP) is 2.83. The van der Waals surface area contributed by atoms with Gasteiger partial charge in [-0.25, -0.2) is 10.1 Å². The van der Waals surface area contributed by atoms with Crippen LogP contribution in [0.2, 0.25) is 0 Å². The number of H-pyrrole nitrogens is 1. The zero-order valence-corrected chi connectivity index (χ0v) is 16.6. The van der Waals surface area contributed by atoms with Crippen molar-refractivity contribution in [2.75, 3.05) is 23.3 Å². The summed E-state index contributed by atoms with van der Waals surface area (Å²) in [6, 6.07) is 10.6. The molecule has 156 valence electrons. The first-order valence-corrected chi connectivity index (χ1v) is 10.1. The zero-order valence-electron chi connectivity index (χ0n) is 16.6. The Labute approximate surface area is 177 Å². The quantitative estimate of drug-likeness (QED) is 0.525. The summed E-state index contributed by atoms with van der Waals surface area (Å²) in [4.78, 5) is 34.8. The molecule has 1 aliphatic heterocycles. The lowest BCUT2D eigenvalue weighted by Crippen LogP contribution is -2.38. The van der Waals surface area contributed by atoms with Crippen LogP contribution in [0.3, 0.4) is 0 Å². The van der Waals surface area contributed by atoms with E-state index in [-0.39, 0.29) is 17.4 Å². The van der Waals surface area contributed by atoms with Gasteiger partial charge in [-0.05, 0) is 43.2 Å². The van der Waals surface area contributed by atoms with Crippen molar-refractivity contribution in [2.24, 2.45) is 5.92 Å². The van der Waals surface area contributed by atoms with Crippen LogP contribution in [0.1, 0.15) is 12.8 Å². The van der Waals surface area contributed by atoms with Gasteiger partial charge in [0.05, 0.1) is 11.9 Å².